The number of carbonyl (C=O) groups excluding carboxylic acids is 1. The van der Waals surface area contributed by atoms with Gasteiger partial charge in [0.15, 0.2) is 0 Å². The van der Waals surface area contributed by atoms with E-state index in [9.17, 15) is 4.79 Å². The topological polar surface area (TPSA) is 72.9 Å². The molecular weight excluding hydrogens is 252 g/mol. The second-order valence-electron chi connectivity index (χ2n) is 5.31. The first kappa shape index (κ1) is 12.7. The van der Waals surface area contributed by atoms with Crippen LogP contribution in [0.25, 0.3) is 0 Å². The van der Waals surface area contributed by atoms with Crippen molar-refractivity contribution in [3.63, 3.8) is 0 Å². The maximum absolute atomic E-state index is 12.4. The van der Waals surface area contributed by atoms with Crippen molar-refractivity contribution in [3.8, 4) is 0 Å². The Morgan fingerprint density at radius 1 is 1.50 bits per heavy atom. The van der Waals surface area contributed by atoms with Gasteiger partial charge in [0.1, 0.15) is 5.82 Å². The van der Waals surface area contributed by atoms with E-state index in [1.807, 2.05) is 31.3 Å². The van der Waals surface area contributed by atoms with Gasteiger partial charge in [0, 0.05) is 31.3 Å². The number of nitrogen functional groups attached to an aromatic ring is 1. The highest BCUT2D eigenvalue weighted by Gasteiger charge is 2.25. The summed E-state index contributed by atoms with van der Waals surface area (Å²) in [6.07, 6.45) is 5.27. The van der Waals surface area contributed by atoms with Crippen molar-refractivity contribution in [3.05, 3.63) is 42.0 Å². The molecule has 2 heterocycles. The van der Waals surface area contributed by atoms with E-state index in [2.05, 4.69) is 14.9 Å². The molecule has 1 aromatic heterocycles. The van der Waals surface area contributed by atoms with Gasteiger partial charge in [0.25, 0.3) is 0 Å². The summed E-state index contributed by atoms with van der Waals surface area (Å²) in [4.78, 5) is 16.6. The smallest absolute Gasteiger partial charge is 0.228 e. The predicted octanol–water partition coefficient (Wildman–Crippen LogP) is 1.97. The van der Waals surface area contributed by atoms with Crippen molar-refractivity contribution in [2.24, 2.45) is 5.92 Å². The molecule has 1 atom stereocenters. The highest BCUT2D eigenvalue weighted by Crippen LogP contribution is 2.24. The van der Waals surface area contributed by atoms with Gasteiger partial charge in [-0.25, -0.2) is 4.98 Å². The van der Waals surface area contributed by atoms with Gasteiger partial charge in [-0.05, 0) is 31.0 Å². The Bertz CT molecular complexity index is 647. The molecule has 1 unspecified atom stereocenters. The summed E-state index contributed by atoms with van der Waals surface area (Å²) in [6.45, 7) is 2.82. The van der Waals surface area contributed by atoms with Crippen molar-refractivity contribution < 1.29 is 4.79 Å². The SMILES string of the molecule is Cc1ccc(N)c(NC(=O)C2CCn3ccnc3C2)c1. The maximum atomic E-state index is 12.4. The predicted molar refractivity (Wildman–Crippen MR) is 78.3 cm³/mol. The van der Waals surface area contributed by atoms with E-state index < -0.39 is 0 Å². The van der Waals surface area contributed by atoms with Gasteiger partial charge in [0.2, 0.25) is 5.91 Å². The fraction of sp³-hybridized carbons (Fsp3) is 0.333. The van der Waals surface area contributed by atoms with E-state index in [1.165, 1.54) is 0 Å². The molecule has 0 aliphatic carbocycles. The van der Waals surface area contributed by atoms with Crippen LogP contribution in [0.4, 0.5) is 11.4 Å². The molecule has 104 valence electrons. The second-order valence-corrected chi connectivity index (χ2v) is 5.31. The number of nitrogens with one attached hydrogen (secondary N) is 1. The van der Waals surface area contributed by atoms with Gasteiger partial charge in [-0.15, -0.1) is 0 Å². The summed E-state index contributed by atoms with van der Waals surface area (Å²) in [7, 11) is 0. The molecule has 3 N–H and O–H groups in total. The van der Waals surface area contributed by atoms with Crippen LogP contribution in [-0.2, 0) is 17.8 Å². The molecule has 5 nitrogen and oxygen atoms in total. The number of nitrogens with two attached hydrogens (primary N) is 1. The normalized spacial score (nSPS) is 17.6. The molecule has 0 saturated heterocycles. The van der Waals surface area contributed by atoms with Gasteiger partial charge in [-0.1, -0.05) is 6.07 Å². The highest BCUT2D eigenvalue weighted by atomic mass is 16.1. The molecule has 1 aliphatic heterocycles. The van der Waals surface area contributed by atoms with Crippen molar-refractivity contribution in [2.45, 2.75) is 26.3 Å². The fourth-order valence-electron chi connectivity index (χ4n) is 2.59. The number of benzene rings is 1. The summed E-state index contributed by atoms with van der Waals surface area (Å²) >= 11 is 0. The van der Waals surface area contributed by atoms with Crippen LogP contribution in [0, 0.1) is 12.8 Å². The lowest BCUT2D eigenvalue weighted by Gasteiger charge is -2.23. The average molecular weight is 270 g/mol. The third-order valence-corrected chi connectivity index (χ3v) is 3.79. The number of imidazole rings is 1. The van der Waals surface area contributed by atoms with E-state index in [4.69, 9.17) is 5.73 Å². The number of anilines is 2. The zero-order chi connectivity index (χ0) is 14.1. The molecule has 20 heavy (non-hydrogen) atoms. The number of hydrogen-bond acceptors (Lipinski definition) is 3. The summed E-state index contributed by atoms with van der Waals surface area (Å²) in [5, 5.41) is 2.94. The van der Waals surface area contributed by atoms with E-state index in [0.29, 0.717) is 17.8 Å². The number of amides is 1. The largest absolute Gasteiger partial charge is 0.397 e. The van der Waals surface area contributed by atoms with Crippen LogP contribution in [0.2, 0.25) is 0 Å². The van der Waals surface area contributed by atoms with Crippen LogP contribution in [0.3, 0.4) is 0 Å². The molecule has 5 heteroatoms. The van der Waals surface area contributed by atoms with E-state index in [1.54, 1.807) is 6.20 Å². The van der Waals surface area contributed by atoms with E-state index >= 15 is 0 Å². The van der Waals surface area contributed by atoms with Gasteiger partial charge in [0.05, 0.1) is 11.4 Å². The van der Waals surface area contributed by atoms with Crippen LogP contribution >= 0.6 is 0 Å². The molecule has 3 rings (SSSR count). The number of aryl methyl sites for hydroxylation is 2. The van der Waals surface area contributed by atoms with Crippen molar-refractivity contribution >= 4 is 17.3 Å². The molecule has 1 aromatic carbocycles. The number of carbonyl (C=O) groups is 1. The average Bonchev–Trinajstić information content (AvgIpc) is 2.90. The Morgan fingerprint density at radius 3 is 3.20 bits per heavy atom. The second kappa shape index (κ2) is 5.00. The molecule has 0 spiro atoms. The molecule has 0 fully saturated rings. The standard InChI is InChI=1S/C15H18N4O/c1-10-2-3-12(16)13(8-10)18-15(20)11-4-6-19-7-5-17-14(19)9-11/h2-3,5,7-8,11H,4,6,9,16H2,1H3,(H,18,20). The zero-order valence-electron chi connectivity index (χ0n) is 11.5. The molecular formula is C15H18N4O. The van der Waals surface area contributed by atoms with Crippen LogP contribution in [0.5, 0.6) is 0 Å². The molecule has 0 radical (unpaired) electrons. The van der Waals surface area contributed by atoms with Crippen molar-refractivity contribution in [1.29, 1.82) is 0 Å². The van der Waals surface area contributed by atoms with Crippen molar-refractivity contribution in [2.75, 3.05) is 11.1 Å². The first-order chi connectivity index (χ1) is 9.63. The third-order valence-electron chi connectivity index (χ3n) is 3.79. The number of nitrogens with zero attached hydrogens (tertiary/aromatic N) is 2. The Labute approximate surface area is 117 Å². The summed E-state index contributed by atoms with van der Waals surface area (Å²) in [6, 6.07) is 5.65. The van der Waals surface area contributed by atoms with E-state index in [-0.39, 0.29) is 11.8 Å². The fourth-order valence-corrected chi connectivity index (χ4v) is 2.59. The minimum atomic E-state index is -0.0372. The quantitative estimate of drug-likeness (QED) is 0.819. The molecule has 0 saturated carbocycles. The van der Waals surface area contributed by atoms with Gasteiger partial charge >= 0.3 is 0 Å². The third kappa shape index (κ3) is 2.39. The lowest BCUT2D eigenvalue weighted by Crippen LogP contribution is -2.30. The van der Waals surface area contributed by atoms with Crippen LogP contribution < -0.4 is 11.1 Å². The lowest BCUT2D eigenvalue weighted by atomic mass is 9.96. The van der Waals surface area contributed by atoms with Crippen LogP contribution in [0.1, 0.15) is 17.8 Å². The Kier molecular flexibility index (Phi) is 3.18. The van der Waals surface area contributed by atoms with Gasteiger partial charge in [-0.3, -0.25) is 4.79 Å². The Balaban J connectivity index is 1.73. The summed E-state index contributed by atoms with van der Waals surface area (Å²) < 4.78 is 2.10. The number of rotatable bonds is 2. The lowest BCUT2D eigenvalue weighted by molar-refractivity contribution is -0.120. The highest BCUT2D eigenvalue weighted by molar-refractivity contribution is 5.95. The number of aromatic nitrogens is 2. The summed E-state index contributed by atoms with van der Waals surface area (Å²) in [5.74, 6) is 0.968. The zero-order valence-corrected chi connectivity index (χ0v) is 11.5. The summed E-state index contributed by atoms with van der Waals surface area (Å²) in [5.41, 5.74) is 8.27. The van der Waals surface area contributed by atoms with E-state index in [0.717, 1.165) is 24.4 Å². The molecule has 1 aliphatic rings. The molecule has 1 amide bonds. The monoisotopic (exact) mass is 270 g/mol. The Hall–Kier alpha value is -2.30. The minimum absolute atomic E-state index is 0.0246. The first-order valence-electron chi connectivity index (χ1n) is 6.80. The molecule has 2 aromatic rings. The van der Waals surface area contributed by atoms with Crippen LogP contribution in [0.15, 0.2) is 30.6 Å². The Morgan fingerprint density at radius 2 is 2.35 bits per heavy atom. The maximum Gasteiger partial charge on any atom is 0.228 e. The van der Waals surface area contributed by atoms with Gasteiger partial charge in [-0.2, -0.15) is 0 Å². The number of fused-ring (bicyclic) bond motifs is 1. The van der Waals surface area contributed by atoms with Crippen molar-refractivity contribution in [1.82, 2.24) is 9.55 Å². The van der Waals surface area contributed by atoms with Gasteiger partial charge < -0.3 is 15.6 Å². The molecule has 0 bridgehead atoms. The first-order valence-corrected chi connectivity index (χ1v) is 6.80. The number of hydrogen-bond donors (Lipinski definition) is 2. The van der Waals surface area contributed by atoms with Crippen LogP contribution in [-0.4, -0.2) is 15.5 Å². The minimum Gasteiger partial charge on any atom is -0.397 e.